The van der Waals surface area contributed by atoms with Gasteiger partial charge in [-0.1, -0.05) is 72.8 Å². The van der Waals surface area contributed by atoms with Gasteiger partial charge in [0.15, 0.2) is 0 Å². The molecule has 3 N–H and O–H groups in total. The molecule has 0 bridgehead atoms. The fourth-order valence-electron chi connectivity index (χ4n) is 4.51. The minimum absolute atomic E-state index is 0. The summed E-state index contributed by atoms with van der Waals surface area (Å²) >= 11 is 0. The standard InChI is InChI=1S/C30H33NO2P.BrH/c31-22-12-14-25-13-10-11-21-30(25)33-23-26(32)24-34(27-15-4-1-5-16-27,28-17-6-2-7-18-28)29-19-8-3-9-20-29;/h1-11,13,15-21,26,32H,12,14,22-24,31H2;1H/q+1;/p-1. The van der Waals surface area contributed by atoms with Gasteiger partial charge in [0.1, 0.15) is 47.8 Å². The summed E-state index contributed by atoms with van der Waals surface area (Å²) in [7, 11) is -2.11. The van der Waals surface area contributed by atoms with E-state index in [1.54, 1.807) is 0 Å². The highest BCUT2D eigenvalue weighted by atomic mass is 79.9. The lowest BCUT2D eigenvalue weighted by Gasteiger charge is -2.29. The maximum absolute atomic E-state index is 11.4. The van der Waals surface area contributed by atoms with Crippen molar-refractivity contribution in [2.45, 2.75) is 18.9 Å². The van der Waals surface area contributed by atoms with Crippen LogP contribution in [-0.2, 0) is 6.42 Å². The van der Waals surface area contributed by atoms with Gasteiger partial charge in [-0.15, -0.1) is 0 Å². The molecule has 4 aromatic rings. The molecule has 0 amide bonds. The monoisotopic (exact) mass is 549 g/mol. The molecule has 1 unspecified atom stereocenters. The zero-order chi connectivity index (χ0) is 23.6. The Kier molecular flexibility index (Phi) is 10.5. The van der Waals surface area contributed by atoms with Gasteiger partial charge >= 0.3 is 0 Å². The van der Waals surface area contributed by atoms with Crippen LogP contribution in [0, 0.1) is 0 Å². The number of hydrogen-bond acceptors (Lipinski definition) is 3. The molecule has 3 nitrogen and oxygen atoms in total. The molecule has 0 aliphatic rings. The Morgan fingerprint density at radius 3 is 1.63 bits per heavy atom. The number of halogens is 1. The number of nitrogens with two attached hydrogens (primary N) is 1. The number of hydrogen-bond donors (Lipinski definition) is 2. The van der Waals surface area contributed by atoms with E-state index < -0.39 is 13.4 Å². The van der Waals surface area contributed by atoms with Gasteiger partial charge in [-0.3, -0.25) is 0 Å². The van der Waals surface area contributed by atoms with Gasteiger partial charge in [-0.2, -0.15) is 0 Å². The molecular formula is C30H33BrNO2P. The molecule has 0 radical (unpaired) electrons. The van der Waals surface area contributed by atoms with Gasteiger partial charge in [0.05, 0.1) is 0 Å². The minimum atomic E-state index is -2.11. The van der Waals surface area contributed by atoms with E-state index in [-0.39, 0.29) is 23.6 Å². The van der Waals surface area contributed by atoms with Crippen molar-refractivity contribution < 1.29 is 26.8 Å². The molecule has 1 atom stereocenters. The first-order valence-electron chi connectivity index (χ1n) is 11.9. The average Bonchev–Trinajstić information content (AvgIpc) is 2.91. The molecule has 0 heterocycles. The van der Waals surface area contributed by atoms with E-state index in [0.29, 0.717) is 12.7 Å². The average molecular weight is 550 g/mol. The van der Waals surface area contributed by atoms with E-state index in [1.165, 1.54) is 15.9 Å². The number of rotatable bonds is 11. The molecule has 0 aliphatic heterocycles. The van der Waals surface area contributed by atoms with Crippen LogP contribution >= 0.6 is 7.26 Å². The summed E-state index contributed by atoms with van der Waals surface area (Å²) in [5, 5.41) is 15.2. The summed E-state index contributed by atoms with van der Waals surface area (Å²) < 4.78 is 6.18. The van der Waals surface area contributed by atoms with Gasteiger partial charge in [0, 0.05) is 0 Å². The number of aliphatic hydroxyl groups excluding tert-OH is 1. The van der Waals surface area contributed by atoms with E-state index in [1.807, 2.05) is 36.4 Å². The van der Waals surface area contributed by atoms with Gasteiger partial charge in [0.25, 0.3) is 0 Å². The molecule has 35 heavy (non-hydrogen) atoms. The maximum Gasteiger partial charge on any atom is 0.123 e. The zero-order valence-corrected chi connectivity index (χ0v) is 22.3. The van der Waals surface area contributed by atoms with Crippen LogP contribution in [0.15, 0.2) is 115 Å². The molecule has 0 saturated heterocycles. The second-order valence-corrected chi connectivity index (χ2v) is 12.0. The van der Waals surface area contributed by atoms with Crippen LogP contribution in [0.2, 0.25) is 0 Å². The highest BCUT2D eigenvalue weighted by Crippen LogP contribution is 2.55. The molecule has 0 saturated carbocycles. The number of aryl methyl sites for hydroxylation is 1. The van der Waals surface area contributed by atoms with Crippen molar-refractivity contribution in [1.29, 1.82) is 0 Å². The molecule has 182 valence electrons. The summed E-state index contributed by atoms with van der Waals surface area (Å²) in [5.74, 6) is 0.832. The van der Waals surface area contributed by atoms with E-state index >= 15 is 0 Å². The largest absolute Gasteiger partial charge is 1.00 e. The molecule has 0 spiro atoms. The first-order valence-corrected chi connectivity index (χ1v) is 13.8. The predicted molar refractivity (Wildman–Crippen MR) is 145 cm³/mol. The lowest BCUT2D eigenvalue weighted by atomic mass is 10.1. The third kappa shape index (κ3) is 6.59. The summed E-state index contributed by atoms with van der Waals surface area (Å²) in [5.41, 5.74) is 6.84. The summed E-state index contributed by atoms with van der Waals surface area (Å²) in [6.45, 7) is 0.892. The second kappa shape index (κ2) is 13.6. The van der Waals surface area contributed by atoms with Crippen LogP contribution in [0.5, 0.6) is 5.75 Å². The third-order valence-corrected chi connectivity index (χ3v) is 10.6. The van der Waals surface area contributed by atoms with Crippen LogP contribution in [0.1, 0.15) is 12.0 Å². The fraction of sp³-hybridized carbons (Fsp3) is 0.200. The molecule has 0 aromatic heterocycles. The number of aliphatic hydroxyl groups is 1. The fourth-order valence-corrected chi connectivity index (χ4v) is 8.82. The Bertz CT molecular complexity index is 1050. The first-order chi connectivity index (χ1) is 16.7. The Hall–Kier alpha value is -2.49. The Labute approximate surface area is 220 Å². The normalized spacial score (nSPS) is 11.9. The minimum Gasteiger partial charge on any atom is -1.00 e. The smallest absolute Gasteiger partial charge is 0.123 e. The van der Waals surface area contributed by atoms with Gasteiger partial charge in [-0.05, 0) is 67.4 Å². The summed E-state index contributed by atoms with van der Waals surface area (Å²) in [4.78, 5) is 0. The number of benzene rings is 4. The predicted octanol–water partition coefficient (Wildman–Crippen LogP) is 1.32. The van der Waals surface area contributed by atoms with E-state index in [0.717, 1.165) is 24.2 Å². The summed E-state index contributed by atoms with van der Waals surface area (Å²) in [6.07, 6.45) is 1.76. The third-order valence-electron chi connectivity index (χ3n) is 6.13. The van der Waals surface area contributed by atoms with Crippen molar-refractivity contribution in [3.05, 3.63) is 121 Å². The van der Waals surface area contributed by atoms with E-state index in [2.05, 4.69) is 78.9 Å². The van der Waals surface area contributed by atoms with Crippen LogP contribution < -0.4 is 43.4 Å². The first kappa shape index (κ1) is 27.1. The summed E-state index contributed by atoms with van der Waals surface area (Å²) in [6, 6.07) is 39.9. The maximum atomic E-state index is 11.4. The number of ether oxygens (including phenoxy) is 1. The van der Waals surface area contributed by atoms with E-state index in [4.69, 9.17) is 10.5 Å². The van der Waals surface area contributed by atoms with Gasteiger partial charge in [0.2, 0.25) is 0 Å². The highest BCUT2D eigenvalue weighted by molar-refractivity contribution is 7.95. The van der Waals surface area contributed by atoms with E-state index in [9.17, 15) is 5.11 Å². The Morgan fingerprint density at radius 2 is 1.14 bits per heavy atom. The van der Waals surface area contributed by atoms with Gasteiger partial charge < -0.3 is 32.6 Å². The van der Waals surface area contributed by atoms with Crippen molar-refractivity contribution in [3.8, 4) is 5.75 Å². The van der Waals surface area contributed by atoms with Crippen molar-refractivity contribution >= 4 is 23.2 Å². The lowest BCUT2D eigenvalue weighted by molar-refractivity contribution is -0.00000869. The molecule has 0 fully saturated rings. The van der Waals surface area contributed by atoms with Crippen molar-refractivity contribution in [1.82, 2.24) is 0 Å². The van der Waals surface area contributed by atoms with Crippen molar-refractivity contribution in [2.75, 3.05) is 19.3 Å². The molecular weight excluding hydrogens is 517 g/mol. The van der Waals surface area contributed by atoms with Gasteiger partial charge in [-0.25, -0.2) is 0 Å². The second-order valence-electron chi connectivity index (χ2n) is 8.46. The SMILES string of the molecule is NCCCc1ccccc1OCC(O)C[P+](c1ccccc1)(c1ccccc1)c1ccccc1.[Br-]. The molecule has 5 heteroatoms. The Balaban J connectivity index is 0.00000342. The van der Waals surface area contributed by atoms with Crippen molar-refractivity contribution in [3.63, 3.8) is 0 Å². The zero-order valence-electron chi connectivity index (χ0n) is 19.8. The molecule has 4 aromatic carbocycles. The topological polar surface area (TPSA) is 55.5 Å². The van der Waals surface area contributed by atoms with Crippen LogP contribution in [0.3, 0.4) is 0 Å². The van der Waals surface area contributed by atoms with Crippen LogP contribution in [0.25, 0.3) is 0 Å². The molecule has 0 aliphatic carbocycles. The quantitative estimate of drug-likeness (QED) is 0.277. The lowest BCUT2D eigenvalue weighted by Crippen LogP contribution is -3.00. The van der Waals surface area contributed by atoms with Crippen LogP contribution in [0.4, 0.5) is 0 Å². The number of para-hydroxylation sites is 1. The van der Waals surface area contributed by atoms with Crippen molar-refractivity contribution in [2.24, 2.45) is 5.73 Å². The Morgan fingerprint density at radius 1 is 0.686 bits per heavy atom. The van der Waals surface area contributed by atoms with Crippen LogP contribution in [-0.4, -0.2) is 30.5 Å². The highest BCUT2D eigenvalue weighted by Gasteiger charge is 2.46. The molecule has 4 rings (SSSR count).